The standard InChI is InChI=1S/C11H8BrN/c1-7-2-4-9-8(6-13)3-5-10(9)11(7)12/h2-4H,5H2,1H3. The molecule has 0 amide bonds. The fourth-order valence-electron chi connectivity index (χ4n) is 1.61. The number of benzene rings is 1. The number of hydrogen-bond donors (Lipinski definition) is 0. The first-order valence-corrected chi connectivity index (χ1v) is 4.92. The van der Waals surface area contributed by atoms with Gasteiger partial charge in [0.2, 0.25) is 0 Å². The van der Waals surface area contributed by atoms with Crippen LogP contribution in [0.3, 0.4) is 0 Å². The molecule has 0 unspecified atom stereocenters. The average molecular weight is 234 g/mol. The summed E-state index contributed by atoms with van der Waals surface area (Å²) in [5, 5.41) is 8.84. The Kier molecular flexibility index (Phi) is 1.97. The van der Waals surface area contributed by atoms with Gasteiger partial charge in [0.05, 0.1) is 11.6 Å². The minimum Gasteiger partial charge on any atom is -0.192 e. The number of aryl methyl sites for hydroxylation is 1. The molecule has 1 aromatic carbocycles. The van der Waals surface area contributed by atoms with E-state index in [1.165, 1.54) is 11.1 Å². The Hall–Kier alpha value is -1.07. The lowest BCUT2D eigenvalue weighted by Gasteiger charge is -2.05. The molecule has 0 radical (unpaired) electrons. The molecule has 2 heteroatoms. The second-order valence-electron chi connectivity index (χ2n) is 3.16. The van der Waals surface area contributed by atoms with Crippen LogP contribution in [0.15, 0.2) is 22.7 Å². The van der Waals surface area contributed by atoms with E-state index >= 15 is 0 Å². The summed E-state index contributed by atoms with van der Waals surface area (Å²) in [7, 11) is 0. The summed E-state index contributed by atoms with van der Waals surface area (Å²) >= 11 is 3.55. The van der Waals surface area contributed by atoms with Crippen LogP contribution < -0.4 is 0 Å². The predicted molar refractivity (Wildman–Crippen MR) is 56.2 cm³/mol. The summed E-state index contributed by atoms with van der Waals surface area (Å²) in [5.74, 6) is 0. The van der Waals surface area contributed by atoms with Crippen molar-refractivity contribution in [2.24, 2.45) is 0 Å². The van der Waals surface area contributed by atoms with Crippen molar-refractivity contribution in [3.8, 4) is 6.07 Å². The molecule has 13 heavy (non-hydrogen) atoms. The third-order valence-corrected chi connectivity index (χ3v) is 3.46. The summed E-state index contributed by atoms with van der Waals surface area (Å²) < 4.78 is 1.14. The molecule has 1 aliphatic carbocycles. The van der Waals surface area contributed by atoms with Crippen molar-refractivity contribution in [3.63, 3.8) is 0 Å². The second kappa shape index (κ2) is 3.01. The lowest BCUT2D eigenvalue weighted by molar-refractivity contribution is 1.25. The molecule has 64 valence electrons. The van der Waals surface area contributed by atoms with Crippen LogP contribution >= 0.6 is 15.9 Å². The van der Waals surface area contributed by atoms with E-state index in [-0.39, 0.29) is 0 Å². The molecule has 2 rings (SSSR count). The van der Waals surface area contributed by atoms with Crippen LogP contribution in [0.1, 0.15) is 16.7 Å². The molecule has 0 fully saturated rings. The molecule has 0 bridgehead atoms. The molecule has 0 N–H and O–H groups in total. The van der Waals surface area contributed by atoms with Gasteiger partial charge in [-0.05, 0) is 30.0 Å². The second-order valence-corrected chi connectivity index (χ2v) is 3.95. The molecule has 0 aromatic heterocycles. The molecule has 0 saturated heterocycles. The molecular formula is C11H8BrN. The first-order chi connectivity index (χ1) is 6.24. The number of nitriles is 1. The van der Waals surface area contributed by atoms with Crippen LogP contribution in [0.25, 0.3) is 5.57 Å². The number of nitrogens with zero attached hydrogens (tertiary/aromatic N) is 1. The topological polar surface area (TPSA) is 23.8 Å². The van der Waals surface area contributed by atoms with Crippen LogP contribution in [0.5, 0.6) is 0 Å². The molecule has 0 heterocycles. The molecule has 1 aromatic rings. The Labute approximate surface area is 85.8 Å². The Balaban J connectivity index is 2.65. The van der Waals surface area contributed by atoms with Crippen molar-refractivity contribution in [2.45, 2.75) is 13.3 Å². The fourth-order valence-corrected chi connectivity index (χ4v) is 2.12. The van der Waals surface area contributed by atoms with E-state index in [1.807, 2.05) is 18.2 Å². The van der Waals surface area contributed by atoms with E-state index in [1.54, 1.807) is 0 Å². The molecule has 0 saturated carbocycles. The van der Waals surface area contributed by atoms with E-state index in [2.05, 4.69) is 28.9 Å². The highest BCUT2D eigenvalue weighted by atomic mass is 79.9. The monoisotopic (exact) mass is 233 g/mol. The zero-order chi connectivity index (χ0) is 9.42. The largest absolute Gasteiger partial charge is 0.192 e. The maximum absolute atomic E-state index is 8.84. The molecule has 0 aliphatic heterocycles. The van der Waals surface area contributed by atoms with Crippen molar-refractivity contribution in [3.05, 3.63) is 39.4 Å². The van der Waals surface area contributed by atoms with Crippen molar-refractivity contribution in [1.82, 2.24) is 0 Å². The quantitative estimate of drug-likeness (QED) is 0.676. The van der Waals surface area contributed by atoms with Crippen molar-refractivity contribution < 1.29 is 0 Å². The van der Waals surface area contributed by atoms with Gasteiger partial charge in [0, 0.05) is 4.47 Å². The molecule has 1 aliphatic rings. The minimum absolute atomic E-state index is 0.802. The van der Waals surface area contributed by atoms with Gasteiger partial charge in [0.1, 0.15) is 0 Å². The molecule has 0 spiro atoms. The van der Waals surface area contributed by atoms with Gasteiger partial charge in [-0.15, -0.1) is 0 Å². The number of hydrogen-bond acceptors (Lipinski definition) is 1. The molecule has 1 nitrogen and oxygen atoms in total. The highest BCUT2D eigenvalue weighted by Gasteiger charge is 2.16. The first kappa shape index (κ1) is 8.52. The summed E-state index contributed by atoms with van der Waals surface area (Å²) in [4.78, 5) is 0. The van der Waals surface area contributed by atoms with Crippen molar-refractivity contribution in [2.75, 3.05) is 0 Å². The summed E-state index contributed by atoms with van der Waals surface area (Å²) in [6, 6.07) is 6.27. The van der Waals surface area contributed by atoms with Crippen molar-refractivity contribution >= 4 is 21.5 Å². The van der Waals surface area contributed by atoms with Gasteiger partial charge in [-0.3, -0.25) is 0 Å². The normalized spacial score (nSPS) is 13.5. The fraction of sp³-hybridized carbons (Fsp3) is 0.182. The Morgan fingerprint density at radius 3 is 2.92 bits per heavy atom. The zero-order valence-corrected chi connectivity index (χ0v) is 8.85. The van der Waals surface area contributed by atoms with Gasteiger partial charge in [0.25, 0.3) is 0 Å². The van der Waals surface area contributed by atoms with Gasteiger partial charge in [-0.25, -0.2) is 0 Å². The maximum Gasteiger partial charge on any atom is 0.0994 e. The average Bonchev–Trinajstić information content (AvgIpc) is 2.55. The van der Waals surface area contributed by atoms with Crippen LogP contribution in [0.2, 0.25) is 0 Å². The highest BCUT2D eigenvalue weighted by Crippen LogP contribution is 2.34. The first-order valence-electron chi connectivity index (χ1n) is 4.12. The third-order valence-electron chi connectivity index (χ3n) is 2.36. The van der Waals surface area contributed by atoms with Crippen LogP contribution in [0, 0.1) is 18.3 Å². The smallest absolute Gasteiger partial charge is 0.0994 e. The zero-order valence-electron chi connectivity index (χ0n) is 7.26. The molecule has 0 atom stereocenters. The summed E-state index contributed by atoms with van der Waals surface area (Å²) in [6.45, 7) is 2.06. The number of allylic oxidation sites excluding steroid dienone is 2. The van der Waals surface area contributed by atoms with Crippen molar-refractivity contribution in [1.29, 1.82) is 5.26 Å². The van der Waals surface area contributed by atoms with Gasteiger partial charge in [0.15, 0.2) is 0 Å². The number of fused-ring (bicyclic) bond motifs is 1. The Morgan fingerprint density at radius 1 is 1.46 bits per heavy atom. The van der Waals surface area contributed by atoms with Crippen LogP contribution in [-0.4, -0.2) is 0 Å². The lowest BCUT2D eigenvalue weighted by Crippen LogP contribution is -1.88. The van der Waals surface area contributed by atoms with E-state index in [0.717, 1.165) is 22.0 Å². The Morgan fingerprint density at radius 2 is 2.23 bits per heavy atom. The molecular weight excluding hydrogens is 226 g/mol. The summed E-state index contributed by atoms with van der Waals surface area (Å²) in [5.41, 5.74) is 4.36. The lowest BCUT2D eigenvalue weighted by atomic mass is 10.0. The number of rotatable bonds is 0. The minimum atomic E-state index is 0.802. The Bertz CT molecular complexity index is 438. The SMILES string of the molecule is Cc1ccc2c(c1Br)CC=C2C#N. The van der Waals surface area contributed by atoms with Crippen LogP contribution in [-0.2, 0) is 6.42 Å². The van der Waals surface area contributed by atoms with Gasteiger partial charge < -0.3 is 0 Å². The van der Waals surface area contributed by atoms with E-state index in [4.69, 9.17) is 5.26 Å². The predicted octanol–water partition coefficient (Wildman–Crippen LogP) is 3.22. The van der Waals surface area contributed by atoms with Gasteiger partial charge in [-0.2, -0.15) is 5.26 Å². The van der Waals surface area contributed by atoms with Gasteiger partial charge in [-0.1, -0.05) is 34.1 Å². The van der Waals surface area contributed by atoms with E-state index in [9.17, 15) is 0 Å². The maximum atomic E-state index is 8.84. The van der Waals surface area contributed by atoms with Crippen LogP contribution in [0.4, 0.5) is 0 Å². The third kappa shape index (κ3) is 1.20. The number of halogens is 1. The van der Waals surface area contributed by atoms with E-state index < -0.39 is 0 Å². The highest BCUT2D eigenvalue weighted by molar-refractivity contribution is 9.10. The van der Waals surface area contributed by atoms with Gasteiger partial charge >= 0.3 is 0 Å². The summed E-state index contributed by atoms with van der Waals surface area (Å²) in [6.07, 6.45) is 2.86. The van der Waals surface area contributed by atoms with E-state index in [0.29, 0.717) is 0 Å².